The van der Waals surface area contributed by atoms with E-state index in [0.29, 0.717) is 22.6 Å². The van der Waals surface area contributed by atoms with E-state index in [1.807, 2.05) is 28.8 Å². The Morgan fingerprint density at radius 2 is 2.15 bits per heavy atom. The zero-order valence-corrected chi connectivity index (χ0v) is 12.0. The van der Waals surface area contributed by atoms with Crippen LogP contribution >= 0.6 is 15.9 Å². The Bertz CT molecular complexity index is 772. The third-order valence-corrected chi connectivity index (χ3v) is 3.51. The van der Waals surface area contributed by atoms with Gasteiger partial charge in [0, 0.05) is 12.7 Å². The molecular formula is C14H11BrFN3O. The lowest BCUT2D eigenvalue weighted by Gasteiger charge is -2.06. The van der Waals surface area contributed by atoms with E-state index in [2.05, 4.69) is 20.9 Å². The normalized spacial score (nSPS) is 10.9. The molecule has 6 heteroatoms. The lowest BCUT2D eigenvalue weighted by molar-refractivity contribution is 0.455. The number of nitrogens with zero attached hydrogens (tertiary/aromatic N) is 2. The molecule has 0 saturated carbocycles. The van der Waals surface area contributed by atoms with E-state index < -0.39 is 0 Å². The lowest BCUT2D eigenvalue weighted by atomic mass is 10.3. The van der Waals surface area contributed by atoms with Crippen molar-refractivity contribution in [2.24, 2.45) is 5.73 Å². The van der Waals surface area contributed by atoms with E-state index in [4.69, 9.17) is 10.5 Å². The zero-order valence-electron chi connectivity index (χ0n) is 10.4. The molecule has 2 aromatic heterocycles. The summed E-state index contributed by atoms with van der Waals surface area (Å²) in [5.74, 6) is 0.578. The van der Waals surface area contributed by atoms with Gasteiger partial charge in [-0.15, -0.1) is 0 Å². The number of rotatable bonds is 3. The van der Waals surface area contributed by atoms with Gasteiger partial charge >= 0.3 is 0 Å². The highest BCUT2D eigenvalue weighted by Gasteiger charge is 2.14. The first-order chi connectivity index (χ1) is 9.69. The van der Waals surface area contributed by atoms with Crippen molar-refractivity contribution >= 4 is 21.6 Å². The molecule has 0 unspecified atom stereocenters. The van der Waals surface area contributed by atoms with E-state index in [1.165, 1.54) is 12.1 Å². The van der Waals surface area contributed by atoms with Crippen LogP contribution in [-0.2, 0) is 6.54 Å². The number of pyridine rings is 1. The summed E-state index contributed by atoms with van der Waals surface area (Å²) < 4.78 is 21.2. The van der Waals surface area contributed by atoms with Gasteiger partial charge in [0.15, 0.2) is 0 Å². The van der Waals surface area contributed by atoms with Crippen LogP contribution < -0.4 is 10.5 Å². The molecule has 0 radical (unpaired) electrons. The van der Waals surface area contributed by atoms with Gasteiger partial charge in [-0.1, -0.05) is 6.07 Å². The number of imidazole rings is 1. The molecule has 1 aromatic carbocycles. The number of aromatic nitrogens is 2. The lowest BCUT2D eigenvalue weighted by Crippen LogP contribution is -2.02. The minimum atomic E-state index is -0.335. The van der Waals surface area contributed by atoms with Crippen LogP contribution in [0.5, 0.6) is 11.6 Å². The van der Waals surface area contributed by atoms with Gasteiger partial charge in [0.2, 0.25) is 5.88 Å². The molecule has 0 aliphatic carbocycles. The number of nitrogens with two attached hydrogens (primary N) is 1. The van der Waals surface area contributed by atoms with Crippen LogP contribution in [0.4, 0.5) is 4.39 Å². The topological polar surface area (TPSA) is 52.5 Å². The summed E-state index contributed by atoms with van der Waals surface area (Å²) in [6.07, 6.45) is 1.87. The Kier molecular flexibility index (Phi) is 3.42. The smallest absolute Gasteiger partial charge is 0.242 e. The predicted octanol–water partition coefficient (Wildman–Crippen LogP) is 3.49. The van der Waals surface area contributed by atoms with E-state index >= 15 is 0 Å². The standard InChI is InChI=1S/C14H11BrFN3O/c15-10-7-9(16)4-5-12(10)20-14-11(8-17)19-6-2-1-3-13(19)18-14/h1-7H,8,17H2. The SMILES string of the molecule is NCc1c(Oc2ccc(F)cc2Br)nc2ccccn12. The summed E-state index contributed by atoms with van der Waals surface area (Å²) in [5, 5.41) is 0. The van der Waals surface area contributed by atoms with Gasteiger partial charge in [-0.3, -0.25) is 4.40 Å². The van der Waals surface area contributed by atoms with E-state index in [-0.39, 0.29) is 5.82 Å². The highest BCUT2D eigenvalue weighted by atomic mass is 79.9. The summed E-state index contributed by atoms with van der Waals surface area (Å²) in [6.45, 7) is 0.291. The number of hydrogen-bond donors (Lipinski definition) is 1. The molecule has 2 heterocycles. The maximum Gasteiger partial charge on any atom is 0.242 e. The minimum Gasteiger partial charge on any atom is -0.436 e. The first kappa shape index (κ1) is 13.1. The van der Waals surface area contributed by atoms with Gasteiger partial charge < -0.3 is 10.5 Å². The van der Waals surface area contributed by atoms with Gasteiger partial charge in [-0.05, 0) is 46.3 Å². The summed E-state index contributed by atoms with van der Waals surface area (Å²) in [6, 6.07) is 9.87. The van der Waals surface area contributed by atoms with Crippen LogP contribution in [-0.4, -0.2) is 9.38 Å². The second-order valence-corrected chi connectivity index (χ2v) is 5.03. The second-order valence-electron chi connectivity index (χ2n) is 4.17. The van der Waals surface area contributed by atoms with Crippen molar-refractivity contribution in [3.63, 3.8) is 0 Å². The fraction of sp³-hybridized carbons (Fsp3) is 0.0714. The Labute approximate surface area is 123 Å². The fourth-order valence-corrected chi connectivity index (χ4v) is 2.39. The van der Waals surface area contributed by atoms with E-state index in [9.17, 15) is 4.39 Å². The van der Waals surface area contributed by atoms with Gasteiger partial charge in [0.05, 0.1) is 4.47 Å². The molecule has 3 rings (SSSR count). The maximum atomic E-state index is 13.1. The van der Waals surface area contributed by atoms with Crippen LogP contribution in [0.2, 0.25) is 0 Å². The van der Waals surface area contributed by atoms with Crippen molar-refractivity contribution in [1.29, 1.82) is 0 Å². The largest absolute Gasteiger partial charge is 0.436 e. The van der Waals surface area contributed by atoms with E-state index in [0.717, 1.165) is 11.3 Å². The minimum absolute atomic E-state index is 0.291. The van der Waals surface area contributed by atoms with Crippen LogP contribution in [0.3, 0.4) is 0 Å². The van der Waals surface area contributed by atoms with Crippen molar-refractivity contribution in [3.8, 4) is 11.6 Å². The molecule has 0 saturated heterocycles. The number of halogens is 2. The van der Waals surface area contributed by atoms with Crippen LogP contribution in [0.25, 0.3) is 5.65 Å². The Morgan fingerprint density at radius 3 is 2.90 bits per heavy atom. The highest BCUT2D eigenvalue weighted by molar-refractivity contribution is 9.10. The average Bonchev–Trinajstić information content (AvgIpc) is 2.79. The Hall–Kier alpha value is -1.92. The molecule has 0 fully saturated rings. The van der Waals surface area contributed by atoms with Crippen LogP contribution in [0.15, 0.2) is 47.1 Å². The molecule has 102 valence electrons. The number of benzene rings is 1. The molecule has 20 heavy (non-hydrogen) atoms. The Morgan fingerprint density at radius 1 is 1.30 bits per heavy atom. The van der Waals surface area contributed by atoms with Crippen molar-refractivity contribution in [3.05, 3.63) is 58.6 Å². The average molecular weight is 336 g/mol. The molecule has 3 aromatic rings. The third kappa shape index (κ3) is 2.28. The summed E-state index contributed by atoms with van der Waals surface area (Å²) >= 11 is 3.26. The molecule has 0 spiro atoms. The van der Waals surface area contributed by atoms with Gasteiger partial charge in [-0.2, -0.15) is 4.98 Å². The quantitative estimate of drug-likeness (QED) is 0.797. The summed E-state index contributed by atoms with van der Waals surface area (Å²) in [5.41, 5.74) is 7.28. The summed E-state index contributed by atoms with van der Waals surface area (Å²) in [7, 11) is 0. The van der Waals surface area contributed by atoms with Gasteiger partial charge in [-0.25, -0.2) is 4.39 Å². The van der Waals surface area contributed by atoms with Crippen molar-refractivity contribution in [2.45, 2.75) is 6.54 Å². The number of hydrogen-bond acceptors (Lipinski definition) is 3. The zero-order chi connectivity index (χ0) is 14.1. The summed E-state index contributed by atoms with van der Waals surface area (Å²) in [4.78, 5) is 4.39. The number of fused-ring (bicyclic) bond motifs is 1. The molecule has 0 aliphatic heterocycles. The fourth-order valence-electron chi connectivity index (χ4n) is 1.95. The molecule has 0 aliphatic rings. The monoisotopic (exact) mass is 335 g/mol. The molecule has 2 N–H and O–H groups in total. The van der Waals surface area contributed by atoms with Crippen molar-refractivity contribution < 1.29 is 9.13 Å². The van der Waals surface area contributed by atoms with E-state index in [1.54, 1.807) is 6.07 Å². The van der Waals surface area contributed by atoms with Crippen LogP contribution in [0.1, 0.15) is 5.69 Å². The highest BCUT2D eigenvalue weighted by Crippen LogP contribution is 2.31. The molecule has 0 amide bonds. The van der Waals surface area contributed by atoms with Gasteiger partial charge in [0.1, 0.15) is 22.9 Å². The molecule has 4 nitrogen and oxygen atoms in total. The predicted molar refractivity (Wildman–Crippen MR) is 77.3 cm³/mol. The van der Waals surface area contributed by atoms with Gasteiger partial charge in [0.25, 0.3) is 0 Å². The third-order valence-electron chi connectivity index (χ3n) is 2.89. The Balaban J connectivity index is 2.06. The number of ether oxygens (including phenoxy) is 1. The molecular weight excluding hydrogens is 325 g/mol. The molecule has 0 atom stereocenters. The first-order valence-electron chi connectivity index (χ1n) is 5.98. The maximum absolute atomic E-state index is 13.1. The second kappa shape index (κ2) is 5.22. The van der Waals surface area contributed by atoms with Crippen molar-refractivity contribution in [1.82, 2.24) is 9.38 Å². The molecule has 0 bridgehead atoms. The van der Waals surface area contributed by atoms with Crippen LogP contribution in [0, 0.1) is 5.82 Å². The van der Waals surface area contributed by atoms with Crippen molar-refractivity contribution in [2.75, 3.05) is 0 Å². The first-order valence-corrected chi connectivity index (χ1v) is 6.77.